The number of hydrogen-bond donors (Lipinski definition) is 3. The van der Waals surface area contributed by atoms with Crippen molar-refractivity contribution in [3.05, 3.63) is 59.2 Å². The van der Waals surface area contributed by atoms with Gasteiger partial charge in [0.25, 0.3) is 0 Å². The van der Waals surface area contributed by atoms with Gasteiger partial charge in [-0.1, -0.05) is 42.8 Å². The number of ether oxygens (including phenoxy) is 3. The van der Waals surface area contributed by atoms with E-state index in [0.717, 1.165) is 42.4 Å². The zero-order valence-corrected chi connectivity index (χ0v) is 23.0. The van der Waals surface area contributed by atoms with Gasteiger partial charge in [0.05, 0.1) is 31.0 Å². The van der Waals surface area contributed by atoms with E-state index in [4.69, 9.17) is 19.9 Å². The molecule has 0 amide bonds. The SMILES string of the molecule is C[C@]12C[C@H](O)[C@H]3[C@@H](CCC4=CC(=O)C=C[C@@H]3C4)[C@@H]1C[C@H]1O[C@@H](c3ccc(CC4(N)COC4)cc3)O[C@]12C(=O)CO. The van der Waals surface area contributed by atoms with E-state index < -0.39 is 36.1 Å². The number of hydrogen-bond acceptors (Lipinski definition) is 8. The number of benzene rings is 1. The lowest BCUT2D eigenvalue weighted by molar-refractivity contribution is -0.196. The van der Waals surface area contributed by atoms with Crippen molar-refractivity contribution in [3.63, 3.8) is 0 Å². The summed E-state index contributed by atoms with van der Waals surface area (Å²) in [7, 11) is 0. The number of carbonyl (C=O) groups excluding carboxylic acids is 2. The molecular formula is C32H39NO7. The van der Waals surface area contributed by atoms with Gasteiger partial charge in [-0.05, 0) is 79.9 Å². The maximum absolute atomic E-state index is 13.7. The summed E-state index contributed by atoms with van der Waals surface area (Å²) in [5, 5.41) is 21.9. The van der Waals surface area contributed by atoms with Crippen LogP contribution in [0, 0.1) is 29.1 Å². The largest absolute Gasteiger partial charge is 0.393 e. The highest BCUT2D eigenvalue weighted by molar-refractivity contribution is 6.00. The van der Waals surface area contributed by atoms with E-state index in [1.54, 1.807) is 12.2 Å². The van der Waals surface area contributed by atoms with Gasteiger partial charge in [-0.2, -0.15) is 0 Å². The van der Waals surface area contributed by atoms with Crippen LogP contribution in [-0.4, -0.2) is 64.9 Å². The first-order valence-electron chi connectivity index (χ1n) is 14.7. The summed E-state index contributed by atoms with van der Waals surface area (Å²) in [5.41, 5.74) is 7.03. The van der Waals surface area contributed by atoms with E-state index in [1.165, 1.54) is 0 Å². The Morgan fingerprint density at radius 1 is 1.20 bits per heavy atom. The van der Waals surface area contributed by atoms with Crippen molar-refractivity contribution in [1.82, 2.24) is 0 Å². The molecule has 2 aliphatic heterocycles. The molecule has 40 heavy (non-hydrogen) atoms. The fourth-order valence-corrected chi connectivity index (χ4v) is 9.26. The monoisotopic (exact) mass is 549 g/mol. The first kappa shape index (κ1) is 26.7. The van der Waals surface area contributed by atoms with Gasteiger partial charge in [0.15, 0.2) is 23.5 Å². The minimum absolute atomic E-state index is 0.00137. The lowest BCUT2D eigenvalue weighted by Crippen LogP contribution is -2.61. The molecule has 5 fully saturated rings. The van der Waals surface area contributed by atoms with E-state index in [0.29, 0.717) is 26.1 Å². The van der Waals surface area contributed by atoms with Crippen LogP contribution in [0.15, 0.2) is 48.1 Å². The smallest absolute Gasteiger partial charge is 0.193 e. The number of rotatable bonds is 5. The van der Waals surface area contributed by atoms with E-state index in [1.807, 2.05) is 30.3 Å². The summed E-state index contributed by atoms with van der Waals surface area (Å²) in [6, 6.07) is 7.95. The molecule has 1 aromatic rings. The normalized spacial score (nSPS) is 43.0. The molecule has 0 spiro atoms. The van der Waals surface area contributed by atoms with Gasteiger partial charge in [-0.15, -0.1) is 0 Å². The second kappa shape index (κ2) is 9.41. The molecular weight excluding hydrogens is 510 g/mol. The molecule has 0 unspecified atom stereocenters. The predicted molar refractivity (Wildman–Crippen MR) is 145 cm³/mol. The Labute approximate surface area is 234 Å². The van der Waals surface area contributed by atoms with E-state index in [-0.39, 0.29) is 40.8 Å². The highest BCUT2D eigenvalue weighted by Gasteiger charge is 2.75. The maximum atomic E-state index is 13.7. The van der Waals surface area contributed by atoms with Crippen molar-refractivity contribution < 1.29 is 34.0 Å². The van der Waals surface area contributed by atoms with Crippen LogP contribution in [0.2, 0.25) is 0 Å². The minimum atomic E-state index is -1.34. The average Bonchev–Trinajstić information content (AvgIpc) is 3.25. The Morgan fingerprint density at radius 3 is 2.67 bits per heavy atom. The zero-order valence-electron chi connectivity index (χ0n) is 23.0. The number of allylic oxidation sites excluding steroid dienone is 4. The fourth-order valence-electron chi connectivity index (χ4n) is 9.26. The Kier molecular flexibility index (Phi) is 6.28. The Hall–Kier alpha value is -2.20. The number of carbonyl (C=O) groups is 2. The van der Waals surface area contributed by atoms with Gasteiger partial charge in [-0.3, -0.25) is 9.59 Å². The van der Waals surface area contributed by atoms with Crippen LogP contribution in [0.4, 0.5) is 0 Å². The summed E-state index contributed by atoms with van der Waals surface area (Å²) in [5.74, 6) is -0.0291. The molecule has 214 valence electrons. The Balaban J connectivity index is 1.19. The number of aliphatic hydroxyl groups is 2. The van der Waals surface area contributed by atoms with Crippen LogP contribution in [-0.2, 0) is 30.2 Å². The first-order valence-corrected chi connectivity index (χ1v) is 14.7. The zero-order chi connectivity index (χ0) is 27.9. The van der Waals surface area contributed by atoms with Crippen LogP contribution in [0.5, 0.6) is 0 Å². The lowest BCUT2D eigenvalue weighted by Gasteiger charge is -2.54. The number of Topliss-reactive ketones (excluding diaryl/α,β-unsaturated/α-hetero) is 1. The van der Waals surface area contributed by atoms with Gasteiger partial charge < -0.3 is 30.2 Å². The summed E-state index contributed by atoms with van der Waals surface area (Å²) in [4.78, 5) is 25.9. The predicted octanol–water partition coefficient (Wildman–Crippen LogP) is 2.56. The highest BCUT2D eigenvalue weighted by atomic mass is 16.7. The lowest BCUT2D eigenvalue weighted by atomic mass is 9.53. The van der Waals surface area contributed by atoms with Crippen molar-refractivity contribution in [2.45, 2.75) is 75.1 Å². The number of aliphatic hydroxyl groups excluding tert-OH is 2. The van der Waals surface area contributed by atoms with Gasteiger partial charge in [0, 0.05) is 11.0 Å². The van der Waals surface area contributed by atoms with Crippen LogP contribution >= 0.6 is 0 Å². The number of ketones is 2. The molecule has 0 aromatic heterocycles. The minimum Gasteiger partial charge on any atom is -0.393 e. The summed E-state index contributed by atoms with van der Waals surface area (Å²) < 4.78 is 18.5. The van der Waals surface area contributed by atoms with Crippen LogP contribution in [0.1, 0.15) is 56.4 Å². The second-order valence-electron chi connectivity index (χ2n) is 13.4. The molecule has 3 saturated carbocycles. The Bertz CT molecular complexity index is 1270. The maximum Gasteiger partial charge on any atom is 0.193 e. The van der Waals surface area contributed by atoms with Gasteiger partial charge in [-0.25, -0.2) is 0 Å². The molecule has 4 aliphatic carbocycles. The quantitative estimate of drug-likeness (QED) is 0.511. The van der Waals surface area contributed by atoms with Crippen LogP contribution in [0.25, 0.3) is 0 Å². The van der Waals surface area contributed by atoms with Gasteiger partial charge >= 0.3 is 0 Å². The topological polar surface area (TPSA) is 128 Å². The first-order chi connectivity index (χ1) is 19.2. The molecule has 1 aromatic carbocycles. The molecule has 9 atom stereocenters. The number of nitrogens with two attached hydrogens (primary N) is 1. The molecule has 4 N–H and O–H groups in total. The molecule has 8 nitrogen and oxygen atoms in total. The average molecular weight is 550 g/mol. The van der Waals surface area contributed by atoms with E-state index in [2.05, 4.69) is 6.92 Å². The standard InChI is InChI=1S/C32H39NO7/c1-30-14-25(36)28-21-7-8-22(35)11-19(10-21)4-9-23(28)24(30)12-27-32(30,26(37)15-34)40-29(39-27)20-5-2-18(3-6-20)13-31(33)16-38-17-31/h2-3,5-8,11,21,23-25,27-29,34,36H,4,9-10,12-17,33H2,1H3/t21-,23+,24+,25+,27-,28-,29-,30+,32-/m1/s1. The summed E-state index contributed by atoms with van der Waals surface area (Å²) >= 11 is 0. The molecule has 7 rings (SSSR count). The molecule has 6 aliphatic rings. The third kappa shape index (κ3) is 3.87. The van der Waals surface area contributed by atoms with Crippen molar-refractivity contribution in [2.75, 3.05) is 19.8 Å². The summed E-state index contributed by atoms with van der Waals surface area (Å²) in [6.45, 7) is 2.52. The second-order valence-corrected chi connectivity index (χ2v) is 13.4. The van der Waals surface area contributed by atoms with Crippen molar-refractivity contribution in [3.8, 4) is 0 Å². The molecule has 8 heteroatoms. The van der Waals surface area contributed by atoms with Gasteiger partial charge in [0.1, 0.15) is 6.61 Å². The third-order valence-electron chi connectivity index (χ3n) is 11.0. The van der Waals surface area contributed by atoms with Gasteiger partial charge in [0.2, 0.25) is 0 Å². The third-order valence-corrected chi connectivity index (χ3v) is 11.0. The highest BCUT2D eigenvalue weighted by Crippen LogP contribution is 2.68. The van der Waals surface area contributed by atoms with Crippen molar-refractivity contribution in [2.24, 2.45) is 34.8 Å². The van der Waals surface area contributed by atoms with Crippen LogP contribution < -0.4 is 5.73 Å². The molecule has 2 heterocycles. The van der Waals surface area contributed by atoms with Crippen molar-refractivity contribution >= 4 is 11.6 Å². The van der Waals surface area contributed by atoms with E-state index >= 15 is 0 Å². The number of fused-ring (bicyclic) bond motifs is 8. The van der Waals surface area contributed by atoms with E-state index in [9.17, 15) is 19.8 Å². The van der Waals surface area contributed by atoms with Crippen LogP contribution in [0.3, 0.4) is 0 Å². The summed E-state index contributed by atoms with van der Waals surface area (Å²) in [6.07, 6.45) is 7.67. The molecule has 2 saturated heterocycles. The van der Waals surface area contributed by atoms with Crippen molar-refractivity contribution in [1.29, 1.82) is 0 Å². The fraction of sp³-hybridized carbons (Fsp3) is 0.625. The molecule has 2 bridgehead atoms. The molecule has 0 radical (unpaired) electrons. The Morgan fingerprint density at radius 2 is 1.98 bits per heavy atom.